The minimum atomic E-state index is -4.66. The normalized spacial score (nSPS) is 11.1. The van der Waals surface area contributed by atoms with E-state index in [2.05, 4.69) is 10.6 Å². The summed E-state index contributed by atoms with van der Waals surface area (Å²) in [6, 6.07) is 2.17. The standard InChI is InChI=1S/C12H15F3N4O3/c13-12(14,15)8-1-2-9(10(7-8)19(21)22)17-5-3-11(20)18-6-4-16/h1-2,7,17H,3-6,16H2,(H,18,20). The molecule has 0 heterocycles. The van der Waals surface area contributed by atoms with Gasteiger partial charge in [0.05, 0.1) is 10.5 Å². The van der Waals surface area contributed by atoms with Crippen molar-refractivity contribution in [1.82, 2.24) is 5.32 Å². The van der Waals surface area contributed by atoms with Crippen LogP contribution in [0.1, 0.15) is 12.0 Å². The summed E-state index contributed by atoms with van der Waals surface area (Å²) in [5, 5.41) is 15.9. The molecule has 0 unspecified atom stereocenters. The Kier molecular flexibility index (Phi) is 6.11. The molecule has 0 saturated carbocycles. The van der Waals surface area contributed by atoms with Gasteiger partial charge in [0.1, 0.15) is 5.69 Å². The number of halogens is 3. The average Bonchev–Trinajstić information content (AvgIpc) is 2.44. The number of nitrogens with zero attached hydrogens (tertiary/aromatic N) is 1. The number of nitrogens with two attached hydrogens (primary N) is 1. The lowest BCUT2D eigenvalue weighted by Crippen LogP contribution is -2.30. The number of carbonyl (C=O) groups excluding carboxylic acids is 1. The van der Waals surface area contributed by atoms with Crippen LogP contribution < -0.4 is 16.4 Å². The largest absolute Gasteiger partial charge is 0.416 e. The first kappa shape index (κ1) is 17.7. The Balaban J connectivity index is 2.74. The average molecular weight is 320 g/mol. The van der Waals surface area contributed by atoms with E-state index in [1.165, 1.54) is 0 Å². The summed E-state index contributed by atoms with van der Waals surface area (Å²) >= 11 is 0. The molecule has 1 aromatic carbocycles. The lowest BCUT2D eigenvalue weighted by Gasteiger charge is -2.10. The molecule has 7 nitrogen and oxygen atoms in total. The summed E-state index contributed by atoms with van der Waals surface area (Å²) in [7, 11) is 0. The van der Waals surface area contributed by atoms with Gasteiger partial charge in [0.15, 0.2) is 0 Å². The van der Waals surface area contributed by atoms with Gasteiger partial charge in [0.25, 0.3) is 5.69 Å². The molecule has 1 rings (SSSR count). The third-order valence-electron chi connectivity index (χ3n) is 2.66. The van der Waals surface area contributed by atoms with Gasteiger partial charge in [0.2, 0.25) is 5.91 Å². The number of rotatable bonds is 7. The Morgan fingerprint density at radius 1 is 1.32 bits per heavy atom. The molecule has 0 fully saturated rings. The molecule has 0 radical (unpaired) electrons. The highest BCUT2D eigenvalue weighted by Crippen LogP contribution is 2.34. The monoisotopic (exact) mass is 320 g/mol. The Hall–Kier alpha value is -2.36. The number of nitro groups is 1. The predicted octanol–water partition coefficient (Wildman–Crippen LogP) is 1.49. The fraction of sp³-hybridized carbons (Fsp3) is 0.417. The predicted molar refractivity (Wildman–Crippen MR) is 73.3 cm³/mol. The summed E-state index contributed by atoms with van der Waals surface area (Å²) in [4.78, 5) is 21.2. The van der Waals surface area contributed by atoms with Gasteiger partial charge in [-0.1, -0.05) is 0 Å². The molecule has 0 spiro atoms. The van der Waals surface area contributed by atoms with E-state index in [9.17, 15) is 28.1 Å². The van der Waals surface area contributed by atoms with E-state index in [1.54, 1.807) is 0 Å². The summed E-state index contributed by atoms with van der Waals surface area (Å²) in [5.41, 5.74) is 3.32. The fourth-order valence-electron chi connectivity index (χ4n) is 1.62. The Labute approximate surface area is 123 Å². The molecule has 10 heteroatoms. The summed E-state index contributed by atoms with van der Waals surface area (Å²) in [5.74, 6) is -0.312. The lowest BCUT2D eigenvalue weighted by atomic mass is 10.1. The zero-order chi connectivity index (χ0) is 16.8. The van der Waals surface area contributed by atoms with Gasteiger partial charge in [-0.25, -0.2) is 0 Å². The van der Waals surface area contributed by atoms with E-state index in [0.717, 1.165) is 12.1 Å². The number of hydrogen-bond acceptors (Lipinski definition) is 5. The Morgan fingerprint density at radius 3 is 2.55 bits per heavy atom. The molecule has 1 amide bonds. The lowest BCUT2D eigenvalue weighted by molar-refractivity contribution is -0.384. The van der Waals surface area contributed by atoms with Crippen molar-refractivity contribution >= 4 is 17.3 Å². The molecule has 0 aromatic heterocycles. The van der Waals surface area contributed by atoms with Crippen LogP contribution in [0.4, 0.5) is 24.5 Å². The van der Waals surface area contributed by atoms with Crippen LogP contribution in [0.2, 0.25) is 0 Å². The number of anilines is 1. The molecule has 0 aliphatic heterocycles. The van der Waals surface area contributed by atoms with Crippen molar-refractivity contribution in [2.75, 3.05) is 25.0 Å². The first-order valence-electron chi connectivity index (χ1n) is 6.32. The highest BCUT2D eigenvalue weighted by atomic mass is 19.4. The van der Waals surface area contributed by atoms with Crippen molar-refractivity contribution in [1.29, 1.82) is 0 Å². The van der Waals surface area contributed by atoms with Crippen LogP contribution in [0.25, 0.3) is 0 Å². The molecule has 1 aromatic rings. The maximum absolute atomic E-state index is 12.5. The SMILES string of the molecule is NCCNC(=O)CCNc1ccc(C(F)(F)F)cc1[N+](=O)[O-]. The molecular weight excluding hydrogens is 305 g/mol. The van der Waals surface area contributed by atoms with Crippen LogP contribution in [0, 0.1) is 10.1 Å². The number of amides is 1. The van der Waals surface area contributed by atoms with Gasteiger partial charge in [-0.2, -0.15) is 13.2 Å². The Bertz CT molecular complexity index is 549. The van der Waals surface area contributed by atoms with Crippen molar-refractivity contribution in [3.8, 4) is 0 Å². The van der Waals surface area contributed by atoms with E-state index in [1.807, 2.05) is 0 Å². The van der Waals surface area contributed by atoms with Crippen LogP contribution in [0.3, 0.4) is 0 Å². The number of nitrogens with one attached hydrogen (secondary N) is 2. The Morgan fingerprint density at radius 2 is 2.00 bits per heavy atom. The molecule has 122 valence electrons. The number of alkyl halides is 3. The van der Waals surface area contributed by atoms with Gasteiger partial charge in [-0.3, -0.25) is 14.9 Å². The molecule has 0 bridgehead atoms. The highest BCUT2D eigenvalue weighted by molar-refractivity contribution is 5.76. The minimum absolute atomic E-state index is 0.0121. The van der Waals surface area contributed by atoms with Gasteiger partial charge < -0.3 is 16.4 Å². The second kappa shape index (κ2) is 7.59. The zero-order valence-corrected chi connectivity index (χ0v) is 11.4. The van der Waals surface area contributed by atoms with Gasteiger partial charge in [0, 0.05) is 32.1 Å². The van der Waals surface area contributed by atoms with E-state index in [0.29, 0.717) is 12.6 Å². The molecular formula is C12H15F3N4O3. The van der Waals surface area contributed by atoms with Crippen molar-refractivity contribution in [3.05, 3.63) is 33.9 Å². The van der Waals surface area contributed by atoms with Crippen LogP contribution in [-0.4, -0.2) is 30.5 Å². The van der Waals surface area contributed by atoms with Crippen LogP contribution in [0.15, 0.2) is 18.2 Å². The van der Waals surface area contributed by atoms with E-state index in [-0.39, 0.29) is 31.1 Å². The number of carbonyl (C=O) groups is 1. The van der Waals surface area contributed by atoms with Crippen LogP contribution in [-0.2, 0) is 11.0 Å². The molecule has 0 atom stereocenters. The van der Waals surface area contributed by atoms with Crippen LogP contribution >= 0.6 is 0 Å². The fourth-order valence-corrected chi connectivity index (χ4v) is 1.62. The first-order chi connectivity index (χ1) is 10.3. The smallest absolute Gasteiger partial charge is 0.379 e. The molecule has 4 N–H and O–H groups in total. The number of benzene rings is 1. The third kappa shape index (κ3) is 5.20. The molecule has 0 saturated heterocycles. The van der Waals surface area contributed by atoms with Crippen molar-refractivity contribution in [3.63, 3.8) is 0 Å². The second-order valence-electron chi connectivity index (χ2n) is 4.30. The molecule has 22 heavy (non-hydrogen) atoms. The summed E-state index contributed by atoms with van der Waals surface area (Å²) < 4.78 is 37.6. The number of hydrogen-bond donors (Lipinski definition) is 3. The second-order valence-corrected chi connectivity index (χ2v) is 4.30. The highest BCUT2D eigenvalue weighted by Gasteiger charge is 2.32. The maximum atomic E-state index is 12.5. The molecule has 0 aliphatic carbocycles. The van der Waals surface area contributed by atoms with Gasteiger partial charge in [-0.15, -0.1) is 0 Å². The summed E-state index contributed by atoms with van der Waals surface area (Å²) in [6.07, 6.45) is -4.65. The van der Waals surface area contributed by atoms with Crippen molar-refractivity contribution in [2.24, 2.45) is 5.73 Å². The topological polar surface area (TPSA) is 110 Å². The minimum Gasteiger partial charge on any atom is -0.379 e. The van der Waals surface area contributed by atoms with E-state index < -0.39 is 22.4 Å². The third-order valence-corrected chi connectivity index (χ3v) is 2.66. The van der Waals surface area contributed by atoms with E-state index >= 15 is 0 Å². The number of nitro benzene ring substituents is 1. The first-order valence-corrected chi connectivity index (χ1v) is 6.32. The van der Waals surface area contributed by atoms with Gasteiger partial charge in [-0.05, 0) is 12.1 Å². The van der Waals surface area contributed by atoms with Crippen LogP contribution in [0.5, 0.6) is 0 Å². The zero-order valence-electron chi connectivity index (χ0n) is 11.4. The maximum Gasteiger partial charge on any atom is 0.416 e. The van der Waals surface area contributed by atoms with E-state index in [4.69, 9.17) is 5.73 Å². The molecule has 0 aliphatic rings. The summed E-state index contributed by atoms with van der Waals surface area (Å²) in [6.45, 7) is 0.630. The van der Waals surface area contributed by atoms with Crippen molar-refractivity contribution < 1.29 is 22.9 Å². The quantitative estimate of drug-likeness (QED) is 0.521. The van der Waals surface area contributed by atoms with Gasteiger partial charge >= 0.3 is 6.18 Å². The van der Waals surface area contributed by atoms with Crippen molar-refractivity contribution in [2.45, 2.75) is 12.6 Å².